The number of halogens is 2. The van der Waals surface area contributed by atoms with Gasteiger partial charge in [0, 0.05) is 18.7 Å². The van der Waals surface area contributed by atoms with E-state index in [-0.39, 0.29) is 17.4 Å². The Morgan fingerprint density at radius 2 is 1.88 bits per heavy atom. The number of ether oxygens (including phenoxy) is 2. The minimum absolute atomic E-state index is 0.0936. The molecule has 0 spiro atoms. The lowest BCUT2D eigenvalue weighted by Crippen LogP contribution is -2.34. The predicted octanol–water partition coefficient (Wildman–Crippen LogP) is 4.23. The number of hydrogen-bond acceptors (Lipinski definition) is 3. The molecule has 0 fully saturated rings. The number of amides is 1. The molecular weight excluding hydrogens is 340 g/mol. The summed E-state index contributed by atoms with van der Waals surface area (Å²) >= 11 is 0. The van der Waals surface area contributed by atoms with Crippen LogP contribution in [0.3, 0.4) is 0 Å². The third kappa shape index (κ3) is 4.02. The smallest absolute Gasteiger partial charge is 0.387 e. The van der Waals surface area contributed by atoms with Gasteiger partial charge < -0.3 is 14.4 Å². The highest BCUT2D eigenvalue weighted by atomic mass is 19.3. The van der Waals surface area contributed by atoms with Gasteiger partial charge in [0.15, 0.2) is 11.5 Å². The van der Waals surface area contributed by atoms with Gasteiger partial charge in [-0.2, -0.15) is 8.78 Å². The van der Waals surface area contributed by atoms with Crippen LogP contribution in [0.4, 0.5) is 8.78 Å². The van der Waals surface area contributed by atoms with Gasteiger partial charge in [-0.25, -0.2) is 0 Å². The predicted molar refractivity (Wildman–Crippen MR) is 94.6 cm³/mol. The van der Waals surface area contributed by atoms with E-state index in [1.807, 2.05) is 24.3 Å². The van der Waals surface area contributed by atoms with Crippen molar-refractivity contribution in [3.05, 3.63) is 65.7 Å². The molecule has 0 aliphatic carbocycles. The van der Waals surface area contributed by atoms with E-state index in [4.69, 9.17) is 4.74 Å². The molecule has 0 saturated heterocycles. The van der Waals surface area contributed by atoms with Crippen molar-refractivity contribution in [2.75, 3.05) is 20.2 Å². The Hall–Kier alpha value is -2.89. The standard InChI is InChI=1S/C20H19F2NO3/c1-25-18-13-16(7-8-17(18)26-20(21)22)19(24)23-11-9-15(10-12-23)14-5-3-2-4-6-14/h2-9,13,20H,10-12H2,1H3. The quantitative estimate of drug-likeness (QED) is 0.802. The number of carbonyl (C=O) groups is 1. The zero-order valence-corrected chi connectivity index (χ0v) is 14.3. The summed E-state index contributed by atoms with van der Waals surface area (Å²) in [5.74, 6) is -0.159. The molecule has 136 valence electrons. The molecule has 4 nitrogen and oxygen atoms in total. The van der Waals surface area contributed by atoms with Crippen molar-refractivity contribution >= 4 is 11.5 Å². The number of nitrogens with zero attached hydrogens (tertiary/aromatic N) is 1. The number of rotatable bonds is 5. The Balaban J connectivity index is 1.73. The first-order chi connectivity index (χ1) is 12.6. The molecule has 1 heterocycles. The zero-order chi connectivity index (χ0) is 18.5. The van der Waals surface area contributed by atoms with Gasteiger partial charge in [-0.3, -0.25) is 4.79 Å². The lowest BCUT2D eigenvalue weighted by atomic mass is 9.99. The summed E-state index contributed by atoms with van der Waals surface area (Å²) in [6, 6.07) is 14.3. The number of hydrogen-bond donors (Lipinski definition) is 0. The molecule has 0 bridgehead atoms. The van der Waals surface area contributed by atoms with Crippen molar-refractivity contribution in [3.8, 4) is 11.5 Å². The molecule has 0 atom stereocenters. The lowest BCUT2D eigenvalue weighted by molar-refractivity contribution is -0.0512. The number of benzene rings is 2. The first kappa shape index (κ1) is 17.9. The molecule has 1 amide bonds. The first-order valence-corrected chi connectivity index (χ1v) is 8.25. The highest BCUT2D eigenvalue weighted by Gasteiger charge is 2.21. The topological polar surface area (TPSA) is 38.8 Å². The van der Waals surface area contributed by atoms with Crippen LogP contribution < -0.4 is 9.47 Å². The Kier molecular flexibility index (Phi) is 5.51. The summed E-state index contributed by atoms with van der Waals surface area (Å²) < 4.78 is 34.3. The van der Waals surface area contributed by atoms with Crippen molar-refractivity contribution < 1.29 is 23.0 Å². The summed E-state index contributed by atoms with van der Waals surface area (Å²) in [5.41, 5.74) is 2.75. The Labute approximate surface area is 150 Å². The molecular formula is C20H19F2NO3. The molecule has 2 aromatic carbocycles. The molecule has 1 aliphatic heterocycles. The van der Waals surface area contributed by atoms with Crippen LogP contribution in [-0.2, 0) is 0 Å². The second-order valence-corrected chi connectivity index (χ2v) is 5.84. The molecule has 0 radical (unpaired) electrons. The minimum Gasteiger partial charge on any atom is -0.493 e. The monoisotopic (exact) mass is 359 g/mol. The molecule has 0 N–H and O–H groups in total. The van der Waals surface area contributed by atoms with E-state index >= 15 is 0 Å². The SMILES string of the molecule is COc1cc(C(=O)N2CC=C(c3ccccc3)CC2)ccc1OC(F)F. The maximum Gasteiger partial charge on any atom is 0.387 e. The molecule has 0 unspecified atom stereocenters. The fourth-order valence-electron chi connectivity index (χ4n) is 2.94. The van der Waals surface area contributed by atoms with Crippen molar-refractivity contribution in [2.45, 2.75) is 13.0 Å². The van der Waals surface area contributed by atoms with Crippen LogP contribution in [0.15, 0.2) is 54.6 Å². The highest BCUT2D eigenvalue weighted by molar-refractivity contribution is 5.95. The summed E-state index contributed by atoms with van der Waals surface area (Å²) in [4.78, 5) is 14.4. The molecule has 0 saturated carbocycles. The first-order valence-electron chi connectivity index (χ1n) is 8.25. The van der Waals surface area contributed by atoms with Crippen LogP contribution in [0.2, 0.25) is 0 Å². The highest BCUT2D eigenvalue weighted by Crippen LogP contribution is 2.30. The fraction of sp³-hybridized carbons (Fsp3) is 0.250. The van der Waals surface area contributed by atoms with Crippen LogP contribution in [0.5, 0.6) is 11.5 Å². The van der Waals surface area contributed by atoms with Crippen LogP contribution in [0.1, 0.15) is 22.3 Å². The van der Waals surface area contributed by atoms with Crippen LogP contribution >= 0.6 is 0 Å². The summed E-state index contributed by atoms with van der Waals surface area (Å²) in [7, 11) is 1.34. The van der Waals surface area contributed by atoms with E-state index in [9.17, 15) is 13.6 Å². The average Bonchev–Trinajstić information content (AvgIpc) is 2.68. The van der Waals surface area contributed by atoms with Crippen molar-refractivity contribution in [1.29, 1.82) is 0 Å². The fourth-order valence-corrected chi connectivity index (χ4v) is 2.94. The Morgan fingerprint density at radius 1 is 1.12 bits per heavy atom. The van der Waals surface area contributed by atoms with E-state index in [0.717, 1.165) is 12.0 Å². The van der Waals surface area contributed by atoms with Crippen molar-refractivity contribution in [2.24, 2.45) is 0 Å². The third-order valence-corrected chi connectivity index (χ3v) is 4.27. The summed E-state index contributed by atoms with van der Waals surface area (Å²) in [6.07, 6.45) is 2.81. The normalized spacial score (nSPS) is 14.2. The molecule has 3 rings (SSSR count). The van der Waals surface area contributed by atoms with Gasteiger partial charge in [-0.05, 0) is 35.8 Å². The maximum atomic E-state index is 12.7. The van der Waals surface area contributed by atoms with Gasteiger partial charge in [0.25, 0.3) is 5.91 Å². The van der Waals surface area contributed by atoms with Crippen LogP contribution in [0, 0.1) is 0 Å². The third-order valence-electron chi connectivity index (χ3n) is 4.27. The molecule has 0 aromatic heterocycles. The number of carbonyl (C=O) groups excluding carboxylic acids is 1. The molecule has 26 heavy (non-hydrogen) atoms. The average molecular weight is 359 g/mol. The van der Waals surface area contributed by atoms with Crippen molar-refractivity contribution in [1.82, 2.24) is 4.90 Å². The van der Waals surface area contributed by atoms with Crippen molar-refractivity contribution in [3.63, 3.8) is 0 Å². The number of alkyl halides is 2. The summed E-state index contributed by atoms with van der Waals surface area (Å²) in [6.45, 7) is -1.85. The van der Waals surface area contributed by atoms with Gasteiger partial charge in [-0.1, -0.05) is 36.4 Å². The summed E-state index contributed by atoms with van der Waals surface area (Å²) in [5, 5.41) is 0. The van der Waals surface area contributed by atoms with E-state index in [2.05, 4.69) is 16.9 Å². The maximum absolute atomic E-state index is 12.7. The largest absolute Gasteiger partial charge is 0.493 e. The number of methoxy groups -OCH3 is 1. The lowest BCUT2D eigenvalue weighted by Gasteiger charge is -2.27. The van der Waals surface area contributed by atoms with E-state index in [1.54, 1.807) is 4.90 Å². The van der Waals surface area contributed by atoms with Gasteiger partial charge in [0.1, 0.15) is 0 Å². The van der Waals surface area contributed by atoms with E-state index in [1.165, 1.54) is 30.9 Å². The van der Waals surface area contributed by atoms with Crippen LogP contribution in [0.25, 0.3) is 5.57 Å². The zero-order valence-electron chi connectivity index (χ0n) is 14.3. The van der Waals surface area contributed by atoms with Crippen LogP contribution in [-0.4, -0.2) is 37.6 Å². The molecule has 1 aliphatic rings. The van der Waals surface area contributed by atoms with E-state index in [0.29, 0.717) is 18.7 Å². The van der Waals surface area contributed by atoms with Gasteiger partial charge in [0.05, 0.1) is 7.11 Å². The Bertz CT molecular complexity index is 806. The van der Waals surface area contributed by atoms with Gasteiger partial charge in [-0.15, -0.1) is 0 Å². The molecule has 6 heteroatoms. The van der Waals surface area contributed by atoms with E-state index < -0.39 is 6.61 Å². The second kappa shape index (κ2) is 7.99. The second-order valence-electron chi connectivity index (χ2n) is 5.84. The van der Waals surface area contributed by atoms with Gasteiger partial charge in [0.2, 0.25) is 0 Å². The van der Waals surface area contributed by atoms with Gasteiger partial charge >= 0.3 is 6.61 Å². The minimum atomic E-state index is -2.95. The molecule has 2 aromatic rings. The Morgan fingerprint density at radius 3 is 2.50 bits per heavy atom.